The summed E-state index contributed by atoms with van der Waals surface area (Å²) in [7, 11) is 0. The van der Waals surface area contributed by atoms with E-state index in [0.29, 0.717) is 0 Å². The number of aromatic nitrogens is 2. The summed E-state index contributed by atoms with van der Waals surface area (Å²) in [5, 5.41) is 14.1. The number of nitrogens with zero attached hydrogens (tertiary/aromatic N) is 2. The van der Waals surface area contributed by atoms with Gasteiger partial charge in [-0.15, -0.1) is 0 Å². The number of benzene rings is 4. The van der Waals surface area contributed by atoms with Gasteiger partial charge in [0.05, 0.1) is 39.8 Å². The summed E-state index contributed by atoms with van der Waals surface area (Å²) in [6.45, 7) is 5.26. The summed E-state index contributed by atoms with van der Waals surface area (Å²) < 4.78 is 4.95. The van der Waals surface area contributed by atoms with E-state index >= 15 is 0 Å². The SMILES string of the molecule is C=C1/C=C\C=C/Cn2c3c(c4ccccc4n4c5ccc6ccccc6c5c5ccc1c2c54)NC1C=CC=CC1N3. The molecule has 0 radical (unpaired) electrons. The molecule has 0 bridgehead atoms. The number of hydrogen-bond acceptors (Lipinski definition) is 2. The maximum absolute atomic E-state index is 4.54. The maximum atomic E-state index is 4.54. The Kier molecular flexibility index (Phi) is 4.62. The van der Waals surface area contributed by atoms with Crippen LogP contribution < -0.4 is 10.6 Å². The van der Waals surface area contributed by atoms with Gasteiger partial charge in [0, 0.05) is 28.3 Å². The minimum atomic E-state index is 0.153. The van der Waals surface area contributed by atoms with Gasteiger partial charge in [0.2, 0.25) is 0 Å². The number of anilines is 2. The fourth-order valence-electron chi connectivity index (χ4n) is 7.09. The first-order valence-electron chi connectivity index (χ1n) is 14.3. The summed E-state index contributed by atoms with van der Waals surface area (Å²) in [4.78, 5) is 0. The predicted octanol–water partition coefficient (Wildman–Crippen LogP) is 8.76. The van der Waals surface area contributed by atoms with Gasteiger partial charge in [-0.3, -0.25) is 0 Å². The Balaban J connectivity index is 1.62. The number of hydrogen-bond donors (Lipinski definition) is 2. The van der Waals surface area contributed by atoms with Crippen molar-refractivity contribution in [2.24, 2.45) is 0 Å². The summed E-state index contributed by atoms with van der Waals surface area (Å²) in [6, 6.07) is 27.0. The number of rotatable bonds is 0. The summed E-state index contributed by atoms with van der Waals surface area (Å²) in [6.07, 6.45) is 17.4. The molecule has 2 N–H and O–H groups in total. The van der Waals surface area contributed by atoms with E-state index in [-0.39, 0.29) is 12.1 Å². The lowest BCUT2D eigenvalue weighted by Gasteiger charge is -2.36. The van der Waals surface area contributed by atoms with E-state index in [9.17, 15) is 0 Å². The van der Waals surface area contributed by atoms with E-state index in [4.69, 9.17) is 0 Å². The Morgan fingerprint density at radius 1 is 0.683 bits per heavy atom. The zero-order chi connectivity index (χ0) is 27.1. The molecule has 2 unspecified atom stereocenters. The van der Waals surface area contributed by atoms with Gasteiger partial charge in [0.25, 0.3) is 0 Å². The van der Waals surface area contributed by atoms with Crippen LogP contribution in [0.5, 0.6) is 0 Å². The Hall–Kier alpha value is -5.22. The fraction of sp³-hybridized carbons (Fsp3) is 0.0811. The Morgan fingerprint density at radius 2 is 1.49 bits per heavy atom. The molecule has 0 saturated heterocycles. The number of fused-ring (bicyclic) bond motifs is 11. The normalized spacial score (nSPS) is 20.7. The standard InChI is InChI=1S/C37H28N4/c1-23-11-3-2-10-22-40-35-25(23)19-20-28-33-26-13-5-4-12-24(26)18-21-32(33)41(36(28)35)31-17-9-6-14-27(31)34-37(40)39-30-16-8-7-15-29(30)38-34/h2-21,29-30,38-39H,1,22H2/b10-2-,11-3-. The molecule has 9 rings (SSSR count). The average molecular weight is 529 g/mol. The molecule has 0 amide bonds. The lowest BCUT2D eigenvalue weighted by molar-refractivity contribution is 0.733. The van der Waals surface area contributed by atoms with Crippen LogP contribution in [0, 0.1) is 0 Å². The topological polar surface area (TPSA) is 33.4 Å². The fourth-order valence-corrected chi connectivity index (χ4v) is 7.09. The molecule has 3 aliphatic rings. The molecule has 0 saturated carbocycles. The van der Waals surface area contributed by atoms with Gasteiger partial charge in [0.15, 0.2) is 0 Å². The minimum Gasteiger partial charge on any atom is -0.373 e. The van der Waals surface area contributed by atoms with Crippen molar-refractivity contribution in [1.82, 2.24) is 8.97 Å². The third-order valence-corrected chi connectivity index (χ3v) is 8.91. The predicted molar refractivity (Wildman–Crippen MR) is 175 cm³/mol. The van der Waals surface area contributed by atoms with Crippen LogP contribution in [0.25, 0.3) is 54.6 Å². The van der Waals surface area contributed by atoms with E-state index < -0.39 is 0 Å². The smallest absolute Gasteiger partial charge is 0.131 e. The highest BCUT2D eigenvalue weighted by molar-refractivity contribution is 6.25. The van der Waals surface area contributed by atoms with Gasteiger partial charge < -0.3 is 19.6 Å². The minimum absolute atomic E-state index is 0.153. The molecule has 4 heteroatoms. The summed E-state index contributed by atoms with van der Waals surface area (Å²) in [5.41, 5.74) is 8.02. The van der Waals surface area contributed by atoms with Gasteiger partial charge in [-0.05, 0) is 28.5 Å². The molecule has 6 aromatic rings. The lowest BCUT2D eigenvalue weighted by Crippen LogP contribution is -2.42. The third kappa shape index (κ3) is 3.10. The van der Waals surface area contributed by atoms with E-state index in [2.05, 4.69) is 148 Å². The van der Waals surface area contributed by atoms with E-state index in [0.717, 1.165) is 29.2 Å². The molecule has 0 fully saturated rings. The average Bonchev–Trinajstić information content (AvgIpc) is 3.39. The van der Waals surface area contributed by atoms with Crippen LogP contribution in [0.4, 0.5) is 11.5 Å². The Morgan fingerprint density at radius 3 is 2.39 bits per heavy atom. The molecule has 4 nitrogen and oxygen atoms in total. The molecule has 2 atom stereocenters. The Bertz CT molecular complexity index is 2270. The van der Waals surface area contributed by atoms with Crippen LogP contribution in [-0.2, 0) is 6.54 Å². The monoisotopic (exact) mass is 528 g/mol. The second kappa shape index (κ2) is 8.39. The molecule has 2 aliphatic heterocycles. The molecule has 4 aromatic carbocycles. The first kappa shape index (κ1) is 22.6. The first-order valence-corrected chi connectivity index (χ1v) is 14.3. The zero-order valence-corrected chi connectivity index (χ0v) is 22.5. The van der Waals surface area contributed by atoms with Gasteiger partial charge in [-0.25, -0.2) is 0 Å². The summed E-state index contributed by atoms with van der Waals surface area (Å²) >= 11 is 0. The maximum Gasteiger partial charge on any atom is 0.131 e. The molecule has 41 heavy (non-hydrogen) atoms. The van der Waals surface area contributed by atoms with E-state index in [1.165, 1.54) is 49.0 Å². The van der Waals surface area contributed by atoms with E-state index in [1.54, 1.807) is 0 Å². The largest absolute Gasteiger partial charge is 0.373 e. The quantitative estimate of drug-likeness (QED) is 0.207. The first-order chi connectivity index (χ1) is 20.3. The van der Waals surface area contributed by atoms with Crippen molar-refractivity contribution < 1.29 is 0 Å². The second-order valence-electron chi connectivity index (χ2n) is 11.1. The van der Waals surface area contributed by atoms with Crippen LogP contribution in [0.2, 0.25) is 0 Å². The van der Waals surface area contributed by atoms with Crippen LogP contribution in [0.1, 0.15) is 5.56 Å². The Labute approximate surface area is 237 Å². The molecule has 1 aliphatic carbocycles. The molecular weight excluding hydrogens is 500 g/mol. The van der Waals surface area contributed by atoms with Crippen molar-refractivity contribution in [2.75, 3.05) is 10.6 Å². The van der Waals surface area contributed by atoms with Gasteiger partial charge in [-0.2, -0.15) is 0 Å². The van der Waals surface area contributed by atoms with Crippen molar-refractivity contribution in [3.8, 4) is 0 Å². The van der Waals surface area contributed by atoms with Crippen molar-refractivity contribution in [3.05, 3.63) is 134 Å². The van der Waals surface area contributed by atoms with E-state index in [1.807, 2.05) is 0 Å². The third-order valence-electron chi connectivity index (χ3n) is 8.91. The second-order valence-corrected chi connectivity index (χ2v) is 11.1. The van der Waals surface area contributed by atoms with Gasteiger partial charge in [0.1, 0.15) is 5.82 Å². The number of allylic oxidation sites excluding steroid dienone is 7. The van der Waals surface area contributed by atoms with Crippen molar-refractivity contribution in [1.29, 1.82) is 0 Å². The van der Waals surface area contributed by atoms with Crippen LogP contribution >= 0.6 is 0 Å². The van der Waals surface area contributed by atoms with Crippen molar-refractivity contribution >= 4 is 66.1 Å². The molecule has 2 aromatic heterocycles. The summed E-state index contributed by atoms with van der Waals surface area (Å²) in [5.74, 6) is 1.09. The van der Waals surface area contributed by atoms with Crippen LogP contribution in [0.15, 0.2) is 128 Å². The van der Waals surface area contributed by atoms with Gasteiger partial charge >= 0.3 is 0 Å². The van der Waals surface area contributed by atoms with Crippen molar-refractivity contribution in [3.63, 3.8) is 0 Å². The number of nitrogens with one attached hydrogen (secondary N) is 2. The molecule has 0 spiro atoms. The number of para-hydroxylation sites is 1. The lowest BCUT2D eigenvalue weighted by atomic mass is 9.98. The van der Waals surface area contributed by atoms with Crippen LogP contribution in [-0.4, -0.2) is 21.1 Å². The molecule has 4 heterocycles. The highest BCUT2D eigenvalue weighted by Crippen LogP contribution is 2.44. The van der Waals surface area contributed by atoms with Crippen LogP contribution in [0.3, 0.4) is 0 Å². The van der Waals surface area contributed by atoms with Crippen molar-refractivity contribution in [2.45, 2.75) is 18.6 Å². The highest BCUT2D eigenvalue weighted by atomic mass is 15.2. The van der Waals surface area contributed by atoms with Gasteiger partial charge in [-0.1, -0.05) is 116 Å². The molecular formula is C37H28N4. The highest BCUT2D eigenvalue weighted by Gasteiger charge is 2.29. The molecule has 196 valence electrons. The zero-order valence-electron chi connectivity index (χ0n) is 22.5.